The van der Waals surface area contributed by atoms with Gasteiger partial charge >= 0.3 is 0 Å². The van der Waals surface area contributed by atoms with Crippen LogP contribution in [0.1, 0.15) is 12.8 Å². The Kier molecular flexibility index (Phi) is 9.95. The number of para-hydroxylation sites is 1. The van der Waals surface area contributed by atoms with Crippen LogP contribution in [0.25, 0.3) is 0 Å². The van der Waals surface area contributed by atoms with Crippen molar-refractivity contribution in [3.8, 4) is 0 Å². The van der Waals surface area contributed by atoms with Crippen LogP contribution in [0.3, 0.4) is 0 Å². The zero-order valence-corrected chi connectivity index (χ0v) is 26.3. The van der Waals surface area contributed by atoms with Crippen LogP contribution in [0.15, 0.2) is 61.3 Å². The molecular weight excluding hydrogens is 567 g/mol. The zero-order valence-electron chi connectivity index (χ0n) is 24.6. The van der Waals surface area contributed by atoms with Crippen LogP contribution >= 0.6 is 19.5 Å². The molecule has 1 amide bonds. The van der Waals surface area contributed by atoms with Crippen molar-refractivity contribution < 1.29 is 4.79 Å². The number of nitrogens with one attached hydrogen (secondary N) is 3. The first kappa shape index (κ1) is 30.2. The lowest BCUT2D eigenvalue weighted by atomic mass is 10.0. The van der Waals surface area contributed by atoms with Crippen LogP contribution in [0.4, 0.5) is 34.5 Å². The summed E-state index contributed by atoms with van der Waals surface area (Å²) in [6.07, 6.45) is 5.09. The number of anilines is 6. The minimum atomic E-state index is -0.313. The SMILES string of the molecule is C=CC(=O)Nc1cc(Nc2ncc(Cl)c(Nc3ccccc3P(C)C)n2)ccc1N1CCC(N2CCN(C)CC2)CC1. The van der Waals surface area contributed by atoms with Crippen molar-refractivity contribution >= 4 is 65.2 Å². The summed E-state index contributed by atoms with van der Waals surface area (Å²) in [7, 11) is 1.88. The van der Waals surface area contributed by atoms with Crippen molar-refractivity contribution in [2.24, 2.45) is 0 Å². The van der Waals surface area contributed by atoms with E-state index in [2.05, 4.69) is 73.6 Å². The van der Waals surface area contributed by atoms with Gasteiger partial charge in [0, 0.05) is 56.7 Å². The Bertz CT molecular complexity index is 1400. The van der Waals surface area contributed by atoms with E-state index in [0.29, 0.717) is 22.8 Å². The van der Waals surface area contributed by atoms with Crippen molar-refractivity contribution in [2.75, 3.05) is 80.5 Å². The molecule has 3 aromatic rings. The molecule has 0 unspecified atom stereocenters. The van der Waals surface area contributed by atoms with Gasteiger partial charge in [-0.3, -0.25) is 9.69 Å². The number of carbonyl (C=O) groups is 1. The van der Waals surface area contributed by atoms with Crippen LogP contribution in [-0.4, -0.2) is 91.4 Å². The van der Waals surface area contributed by atoms with Crippen LogP contribution < -0.4 is 26.2 Å². The fourth-order valence-electron chi connectivity index (χ4n) is 5.57. The molecule has 0 radical (unpaired) electrons. The monoisotopic (exact) mass is 606 g/mol. The molecule has 0 aliphatic carbocycles. The number of piperazine rings is 1. The molecule has 3 heterocycles. The molecule has 42 heavy (non-hydrogen) atoms. The maximum Gasteiger partial charge on any atom is 0.247 e. The van der Waals surface area contributed by atoms with E-state index in [9.17, 15) is 4.79 Å². The first-order valence-electron chi connectivity index (χ1n) is 14.4. The largest absolute Gasteiger partial charge is 0.370 e. The van der Waals surface area contributed by atoms with Gasteiger partial charge in [0.2, 0.25) is 11.9 Å². The Morgan fingerprint density at radius 3 is 2.48 bits per heavy atom. The Hall–Kier alpha value is -3.23. The Morgan fingerprint density at radius 1 is 1.02 bits per heavy atom. The van der Waals surface area contributed by atoms with E-state index < -0.39 is 0 Å². The van der Waals surface area contributed by atoms with Crippen LogP contribution in [0.2, 0.25) is 5.02 Å². The summed E-state index contributed by atoms with van der Waals surface area (Å²) in [5.41, 5.74) is 3.46. The van der Waals surface area contributed by atoms with Gasteiger partial charge in [0.25, 0.3) is 0 Å². The molecule has 2 aromatic carbocycles. The second-order valence-electron chi connectivity index (χ2n) is 11.0. The van der Waals surface area contributed by atoms with E-state index in [4.69, 9.17) is 11.6 Å². The summed E-state index contributed by atoms with van der Waals surface area (Å²) < 4.78 is 0. The van der Waals surface area contributed by atoms with Crippen molar-refractivity contribution in [3.63, 3.8) is 0 Å². The van der Waals surface area contributed by atoms with E-state index in [1.165, 1.54) is 11.4 Å². The Labute approximate surface area is 255 Å². The maximum atomic E-state index is 12.4. The van der Waals surface area contributed by atoms with Crippen molar-refractivity contribution in [1.82, 2.24) is 19.8 Å². The second-order valence-corrected chi connectivity index (χ2v) is 13.7. The summed E-state index contributed by atoms with van der Waals surface area (Å²) in [4.78, 5) is 28.8. The van der Waals surface area contributed by atoms with Gasteiger partial charge in [0.05, 0.1) is 17.6 Å². The predicted octanol–water partition coefficient (Wildman–Crippen LogP) is 5.32. The molecule has 9 nitrogen and oxygen atoms in total. The van der Waals surface area contributed by atoms with Gasteiger partial charge in [-0.05, 0) is 68.9 Å². The van der Waals surface area contributed by atoms with E-state index in [-0.39, 0.29) is 13.8 Å². The summed E-state index contributed by atoms with van der Waals surface area (Å²) in [5, 5.41) is 11.4. The quantitative estimate of drug-likeness (QED) is 0.223. The number of rotatable bonds is 9. The summed E-state index contributed by atoms with van der Waals surface area (Å²) in [6.45, 7) is 14.5. The molecule has 1 aromatic heterocycles. The van der Waals surface area contributed by atoms with Crippen LogP contribution in [-0.2, 0) is 4.79 Å². The van der Waals surface area contributed by atoms with Crippen LogP contribution in [0, 0.1) is 0 Å². The number of carbonyl (C=O) groups excluding carboxylic acids is 1. The van der Waals surface area contributed by atoms with E-state index in [1.54, 1.807) is 6.20 Å². The first-order valence-corrected chi connectivity index (χ1v) is 17.0. The first-order chi connectivity index (χ1) is 20.3. The van der Waals surface area contributed by atoms with Crippen molar-refractivity contribution in [2.45, 2.75) is 18.9 Å². The Balaban J connectivity index is 1.32. The summed E-state index contributed by atoms with van der Waals surface area (Å²) in [6, 6.07) is 14.8. The van der Waals surface area contributed by atoms with Gasteiger partial charge in [0.15, 0.2) is 5.82 Å². The molecule has 0 spiro atoms. The average Bonchev–Trinajstić information content (AvgIpc) is 2.99. The Morgan fingerprint density at radius 2 is 1.76 bits per heavy atom. The van der Waals surface area contributed by atoms with E-state index in [0.717, 1.165) is 74.9 Å². The molecule has 11 heteroatoms. The summed E-state index contributed by atoms with van der Waals surface area (Å²) in [5.74, 6) is 0.676. The highest BCUT2D eigenvalue weighted by molar-refractivity contribution is 7.64. The topological polar surface area (TPSA) is 88.7 Å². The highest BCUT2D eigenvalue weighted by atomic mass is 35.5. The average molecular weight is 607 g/mol. The van der Waals surface area contributed by atoms with Gasteiger partial charge in [-0.2, -0.15) is 4.98 Å². The standard InChI is InChI=1S/C31H40ClN8OP/c1-5-29(41)35-26-20-22(10-11-27(26)40-14-12-23(13-15-40)39-18-16-38(2)17-19-39)34-31-33-21-24(32)30(37-31)36-25-8-6-7-9-28(25)42(3)4/h5-11,20-21,23H,1,12-19H2,2-4H3,(H,35,41)(H2,33,34,36,37). The molecule has 2 aliphatic heterocycles. The molecule has 5 rings (SSSR count). The number of hydrogen-bond donors (Lipinski definition) is 3. The van der Waals surface area contributed by atoms with Crippen LogP contribution in [0.5, 0.6) is 0 Å². The normalized spacial score (nSPS) is 16.8. The number of amides is 1. The lowest BCUT2D eigenvalue weighted by Gasteiger charge is -2.43. The molecule has 0 bridgehead atoms. The highest BCUT2D eigenvalue weighted by Crippen LogP contribution is 2.34. The van der Waals surface area contributed by atoms with Crippen molar-refractivity contribution in [1.29, 1.82) is 0 Å². The van der Waals surface area contributed by atoms with Crippen molar-refractivity contribution in [3.05, 3.63) is 66.3 Å². The number of halogens is 1. The highest BCUT2D eigenvalue weighted by Gasteiger charge is 2.27. The van der Waals surface area contributed by atoms with Gasteiger partial charge in [0.1, 0.15) is 5.02 Å². The third-order valence-electron chi connectivity index (χ3n) is 7.94. The molecule has 2 aliphatic rings. The lowest BCUT2D eigenvalue weighted by Crippen LogP contribution is -2.52. The number of hydrogen-bond acceptors (Lipinski definition) is 8. The molecule has 222 valence electrons. The number of aromatic nitrogens is 2. The second kappa shape index (κ2) is 13.8. The number of benzene rings is 2. The molecule has 2 fully saturated rings. The molecule has 3 N–H and O–H groups in total. The number of likely N-dealkylation sites (N-methyl/N-ethyl adjacent to an activating group) is 1. The zero-order chi connectivity index (χ0) is 29.6. The smallest absolute Gasteiger partial charge is 0.247 e. The third-order valence-corrected chi connectivity index (χ3v) is 9.57. The number of nitrogens with zero attached hydrogens (tertiary/aromatic N) is 5. The minimum Gasteiger partial charge on any atom is -0.370 e. The fraction of sp³-hybridized carbons (Fsp3) is 0.387. The minimum absolute atomic E-state index is 0.250. The predicted molar refractivity (Wildman–Crippen MR) is 178 cm³/mol. The fourth-order valence-corrected chi connectivity index (χ4v) is 6.71. The lowest BCUT2D eigenvalue weighted by molar-refractivity contribution is -0.111. The van der Waals surface area contributed by atoms with E-state index in [1.807, 2.05) is 36.4 Å². The van der Waals surface area contributed by atoms with Gasteiger partial charge < -0.3 is 25.8 Å². The van der Waals surface area contributed by atoms with E-state index >= 15 is 0 Å². The molecular formula is C31H40ClN8OP. The molecule has 0 saturated carbocycles. The molecule has 0 atom stereocenters. The molecule has 2 saturated heterocycles. The van der Waals surface area contributed by atoms with Gasteiger partial charge in [-0.15, -0.1) is 0 Å². The summed E-state index contributed by atoms with van der Waals surface area (Å²) >= 11 is 6.47. The van der Waals surface area contributed by atoms with Gasteiger partial charge in [-0.1, -0.05) is 44.3 Å². The third kappa shape index (κ3) is 7.39. The maximum absolute atomic E-state index is 12.4. The number of piperidine rings is 1. The van der Waals surface area contributed by atoms with Gasteiger partial charge in [-0.25, -0.2) is 4.98 Å².